The fourth-order valence-electron chi connectivity index (χ4n) is 7.85. The fraction of sp³-hybridized carbons (Fsp3) is 0.487. The van der Waals surface area contributed by atoms with Gasteiger partial charge in [0.15, 0.2) is 0 Å². The average molecular weight is 779 g/mol. The summed E-state index contributed by atoms with van der Waals surface area (Å²) in [7, 11) is 0. The molecule has 4 aliphatic rings. The van der Waals surface area contributed by atoms with Crippen molar-refractivity contribution in [2.45, 2.75) is 55.0 Å². The second kappa shape index (κ2) is 15.1. The Morgan fingerprint density at radius 3 is 2.00 bits per heavy atom. The van der Waals surface area contributed by atoms with Crippen LogP contribution in [0.2, 0.25) is 11.5 Å². The van der Waals surface area contributed by atoms with Crippen LogP contribution in [-0.4, -0.2) is 113 Å². The molecule has 4 heterocycles. The van der Waals surface area contributed by atoms with Crippen molar-refractivity contribution >= 4 is 56.9 Å². The van der Waals surface area contributed by atoms with E-state index in [4.69, 9.17) is 25.8 Å². The van der Waals surface area contributed by atoms with Gasteiger partial charge < -0.3 is 4.74 Å². The van der Waals surface area contributed by atoms with E-state index in [1.54, 1.807) is 12.1 Å². The second-order valence-corrected chi connectivity index (χ2v) is 24.1. The summed E-state index contributed by atoms with van der Waals surface area (Å²) in [5, 5.41) is 23.1. The molecule has 10 nitrogen and oxygen atoms in total. The Kier molecular flexibility index (Phi) is 10.7. The van der Waals surface area contributed by atoms with Gasteiger partial charge in [-0.1, -0.05) is 12.8 Å². The molecule has 3 aromatic carbocycles. The molecule has 1 spiro atoms. The van der Waals surface area contributed by atoms with Gasteiger partial charge in [-0.15, -0.1) is 11.6 Å². The number of rotatable bonds is 15. The Bertz CT molecular complexity index is 1700. The molecule has 0 unspecified atom stereocenters. The molecule has 0 atom stereocenters. The number of halogens is 1. The SMILES string of the molecule is [CH3][Ge]1([CH3])[c]2cc(N3CC(O)C3)ccc2C2(OC(=O)c3ccc(C(=O)NCCOCCOCCCCCCCl)cc32)c2ccc(N3CC(O)C3)c[c]21. The fourth-order valence-corrected chi connectivity index (χ4v) is 14.7. The molecule has 2 fully saturated rings. The number of hydrogen-bond donors (Lipinski definition) is 3. The van der Waals surface area contributed by atoms with Gasteiger partial charge in [0.05, 0.1) is 6.61 Å². The Morgan fingerprint density at radius 2 is 1.41 bits per heavy atom. The van der Waals surface area contributed by atoms with Crippen LogP contribution < -0.4 is 23.9 Å². The Labute approximate surface area is 307 Å². The van der Waals surface area contributed by atoms with Gasteiger partial charge in [-0.3, -0.25) is 0 Å². The van der Waals surface area contributed by atoms with Crippen molar-refractivity contribution in [3.8, 4) is 0 Å². The van der Waals surface area contributed by atoms with Crippen LogP contribution in [0.5, 0.6) is 0 Å². The number of anilines is 2. The van der Waals surface area contributed by atoms with Crippen molar-refractivity contribution in [2.24, 2.45) is 0 Å². The third kappa shape index (κ3) is 6.91. The number of amides is 1. The summed E-state index contributed by atoms with van der Waals surface area (Å²) in [6.07, 6.45) is 3.61. The molecule has 2 saturated heterocycles. The summed E-state index contributed by atoms with van der Waals surface area (Å²) in [5.41, 5.74) is 4.29. The monoisotopic (exact) mass is 779 g/mol. The minimum atomic E-state index is -3.06. The second-order valence-electron chi connectivity index (χ2n) is 14.6. The first-order valence-electron chi connectivity index (χ1n) is 18.2. The molecular weight excluding hydrogens is 731 g/mol. The number of esters is 1. The van der Waals surface area contributed by atoms with Gasteiger partial charge in [-0.25, -0.2) is 0 Å². The molecule has 51 heavy (non-hydrogen) atoms. The van der Waals surface area contributed by atoms with Crippen LogP contribution in [0.4, 0.5) is 11.4 Å². The maximum absolute atomic E-state index is 13.7. The number of benzene rings is 3. The summed E-state index contributed by atoms with van der Waals surface area (Å²) in [4.78, 5) is 31.5. The molecule has 0 radical (unpaired) electrons. The average Bonchev–Trinajstić information content (AvgIpc) is 3.40. The topological polar surface area (TPSA) is 121 Å². The normalized spacial score (nSPS) is 18.5. The molecule has 0 saturated carbocycles. The molecule has 0 aliphatic carbocycles. The van der Waals surface area contributed by atoms with Gasteiger partial charge in [0.25, 0.3) is 0 Å². The van der Waals surface area contributed by atoms with E-state index in [1.807, 2.05) is 6.07 Å². The standard InChI is InChI=1S/C39H48ClGeN3O7/c1-41(2)35-20-27(43-22-29(45)23-43)8-11-32(35)39(33-12-9-28(21-36(33)41)44-24-30(46)25-44)34-19-26(7-10-31(34)38(48)51-39)37(47)42-14-16-50-18-17-49-15-6-4-3-5-13-40/h7-12,19-21,29-30,45-46H,3-6,13-18,22-25H2,1-2H3,(H,42,47). The number of ether oxygens (including phenoxy) is 3. The third-order valence-corrected chi connectivity index (χ3v) is 18.4. The molecule has 4 aliphatic heterocycles. The first-order valence-corrected chi connectivity index (χ1v) is 25.0. The van der Waals surface area contributed by atoms with Gasteiger partial charge in [0, 0.05) is 12.5 Å². The quantitative estimate of drug-likeness (QED) is 0.0926. The first-order chi connectivity index (χ1) is 24.6. The van der Waals surface area contributed by atoms with Gasteiger partial charge in [-0.05, 0) is 12.8 Å². The summed E-state index contributed by atoms with van der Waals surface area (Å²) < 4.78 is 20.3. The van der Waals surface area contributed by atoms with Gasteiger partial charge in [-0.2, -0.15) is 0 Å². The van der Waals surface area contributed by atoms with Crippen LogP contribution in [0.3, 0.4) is 0 Å². The number of nitrogens with zero attached hydrogens (tertiary/aromatic N) is 2. The Hall–Kier alpha value is -3.13. The summed E-state index contributed by atoms with van der Waals surface area (Å²) >= 11 is 2.66. The van der Waals surface area contributed by atoms with Gasteiger partial charge in [0.2, 0.25) is 0 Å². The Balaban J connectivity index is 1.13. The molecule has 3 aromatic rings. The number of unbranched alkanes of at least 4 members (excludes halogenated alkanes) is 3. The van der Waals surface area contributed by atoms with Crippen molar-refractivity contribution in [1.29, 1.82) is 0 Å². The Morgan fingerprint density at radius 1 is 0.824 bits per heavy atom. The number of hydrogen-bond acceptors (Lipinski definition) is 9. The molecule has 272 valence electrons. The van der Waals surface area contributed by atoms with Crippen LogP contribution in [-0.2, 0) is 19.8 Å². The molecule has 1 amide bonds. The summed E-state index contributed by atoms with van der Waals surface area (Å²) in [6.45, 7) is 4.70. The molecule has 7 rings (SSSR count). The number of carbonyl (C=O) groups is 2. The van der Waals surface area contributed by atoms with E-state index in [2.05, 4.69) is 63.0 Å². The van der Waals surface area contributed by atoms with Crippen molar-refractivity contribution in [1.82, 2.24) is 5.32 Å². The predicted molar refractivity (Wildman–Crippen MR) is 201 cm³/mol. The molecule has 0 bridgehead atoms. The number of alkyl halides is 1. The zero-order chi connectivity index (χ0) is 35.8. The van der Waals surface area contributed by atoms with E-state index in [0.29, 0.717) is 81.7 Å². The maximum atomic E-state index is 13.7. The zero-order valence-corrected chi connectivity index (χ0v) is 32.3. The van der Waals surface area contributed by atoms with Crippen LogP contribution in [0, 0.1) is 0 Å². The molecule has 12 heteroatoms. The van der Waals surface area contributed by atoms with Crippen molar-refractivity contribution in [3.63, 3.8) is 0 Å². The number of fused-ring (bicyclic) bond motifs is 6. The van der Waals surface area contributed by atoms with E-state index < -0.39 is 24.8 Å². The van der Waals surface area contributed by atoms with Gasteiger partial charge >= 0.3 is 247 Å². The van der Waals surface area contributed by atoms with Crippen LogP contribution in [0.1, 0.15) is 63.1 Å². The predicted octanol–water partition coefficient (Wildman–Crippen LogP) is 3.21. The zero-order valence-electron chi connectivity index (χ0n) is 29.5. The minimum absolute atomic E-state index is 0.253. The number of carbonyl (C=O) groups excluding carboxylic acids is 2. The third-order valence-electron chi connectivity index (χ3n) is 10.8. The molecule has 3 N–H and O–H groups in total. The van der Waals surface area contributed by atoms with E-state index in [0.717, 1.165) is 48.2 Å². The van der Waals surface area contributed by atoms with Crippen molar-refractivity contribution < 1.29 is 34.0 Å². The van der Waals surface area contributed by atoms with Crippen molar-refractivity contribution in [3.05, 3.63) is 82.4 Å². The number of aliphatic hydroxyl groups is 2. The van der Waals surface area contributed by atoms with Crippen LogP contribution in [0.25, 0.3) is 0 Å². The van der Waals surface area contributed by atoms with Gasteiger partial charge in [0.1, 0.15) is 0 Å². The van der Waals surface area contributed by atoms with E-state index in [-0.39, 0.29) is 18.1 Å². The molecule has 0 aromatic heterocycles. The summed E-state index contributed by atoms with van der Waals surface area (Å²) in [6, 6.07) is 18.0. The van der Waals surface area contributed by atoms with E-state index >= 15 is 0 Å². The number of aliphatic hydroxyl groups excluding tert-OH is 2. The van der Waals surface area contributed by atoms with E-state index in [1.165, 1.54) is 8.79 Å². The van der Waals surface area contributed by atoms with E-state index in [9.17, 15) is 19.8 Å². The van der Waals surface area contributed by atoms with Crippen molar-refractivity contribution in [2.75, 3.05) is 74.8 Å². The summed E-state index contributed by atoms with van der Waals surface area (Å²) in [5.74, 6) is 4.77. The van der Waals surface area contributed by atoms with Crippen LogP contribution in [0.15, 0.2) is 54.6 Å². The number of β-amino-alcohol motifs (C(OH)–C–C–N with tert-alkyl or cyclic N) is 2. The molecular formula is C39H48ClGeN3O7. The number of nitrogens with one attached hydrogen (secondary N) is 1. The first kappa shape index (κ1) is 36.2. The van der Waals surface area contributed by atoms with Crippen LogP contribution >= 0.6 is 11.6 Å².